The largest absolute Gasteiger partial charge is 0.478 e. The van der Waals surface area contributed by atoms with Gasteiger partial charge in [0.15, 0.2) is 11.6 Å². The Kier molecular flexibility index (Phi) is 4.24. The first-order chi connectivity index (χ1) is 9.93. The first-order valence-electron chi connectivity index (χ1n) is 5.84. The molecule has 0 heterocycles. The summed E-state index contributed by atoms with van der Waals surface area (Å²) in [5.41, 5.74) is 0.855. The van der Waals surface area contributed by atoms with E-state index >= 15 is 0 Å². The van der Waals surface area contributed by atoms with E-state index in [0.717, 1.165) is 0 Å². The van der Waals surface area contributed by atoms with Crippen molar-refractivity contribution in [3.8, 4) is 17.6 Å². The summed E-state index contributed by atoms with van der Waals surface area (Å²) in [6.45, 7) is 1.67. The van der Waals surface area contributed by atoms with Crippen LogP contribution in [0.15, 0.2) is 34.8 Å². The normalized spacial score (nSPS) is 10.0. The molecule has 0 aliphatic rings. The van der Waals surface area contributed by atoms with Gasteiger partial charge < -0.3 is 9.84 Å². The van der Waals surface area contributed by atoms with E-state index in [0.29, 0.717) is 11.3 Å². The Hall–Kier alpha value is -2.39. The highest BCUT2D eigenvalue weighted by Gasteiger charge is 2.14. The van der Waals surface area contributed by atoms with Crippen LogP contribution in [0.5, 0.6) is 11.5 Å². The minimum Gasteiger partial charge on any atom is -0.478 e. The zero-order valence-corrected chi connectivity index (χ0v) is 12.4. The molecule has 4 nitrogen and oxygen atoms in total. The minimum atomic E-state index is -1.04. The Morgan fingerprint density at radius 3 is 2.57 bits per heavy atom. The van der Waals surface area contributed by atoms with E-state index in [1.165, 1.54) is 30.3 Å². The second-order valence-corrected chi connectivity index (χ2v) is 5.03. The van der Waals surface area contributed by atoms with E-state index in [1.807, 2.05) is 6.07 Å². The molecule has 21 heavy (non-hydrogen) atoms. The zero-order chi connectivity index (χ0) is 15.6. The number of carboxylic acid groups (broad SMARTS) is 1. The molecule has 2 aromatic rings. The average molecular weight is 350 g/mol. The van der Waals surface area contributed by atoms with Crippen molar-refractivity contribution in [3.05, 3.63) is 57.3 Å². The van der Waals surface area contributed by atoms with Gasteiger partial charge in [-0.05, 0) is 58.7 Å². The number of aryl methyl sites for hydroxylation is 1. The summed E-state index contributed by atoms with van der Waals surface area (Å²) in [7, 11) is 0. The molecule has 0 saturated heterocycles. The Balaban J connectivity index is 2.37. The van der Waals surface area contributed by atoms with Crippen LogP contribution in [0.1, 0.15) is 21.5 Å². The van der Waals surface area contributed by atoms with Gasteiger partial charge in [0.25, 0.3) is 0 Å². The number of hydrogen-bond acceptors (Lipinski definition) is 3. The summed E-state index contributed by atoms with van der Waals surface area (Å²) in [6, 6.07) is 8.91. The van der Waals surface area contributed by atoms with E-state index in [4.69, 9.17) is 15.1 Å². The van der Waals surface area contributed by atoms with Crippen molar-refractivity contribution in [2.75, 3.05) is 0 Å². The molecule has 106 valence electrons. The van der Waals surface area contributed by atoms with Gasteiger partial charge in [-0.1, -0.05) is 0 Å². The number of nitrogens with zero attached hydrogens (tertiary/aromatic N) is 1. The van der Waals surface area contributed by atoms with E-state index in [1.54, 1.807) is 6.92 Å². The maximum Gasteiger partial charge on any atom is 0.335 e. The predicted octanol–water partition coefficient (Wildman–Crippen LogP) is 4.26. The summed E-state index contributed by atoms with van der Waals surface area (Å²) in [6.07, 6.45) is 0. The van der Waals surface area contributed by atoms with E-state index in [2.05, 4.69) is 15.9 Å². The molecule has 1 N–H and O–H groups in total. The number of halogens is 2. The van der Waals surface area contributed by atoms with Gasteiger partial charge >= 0.3 is 5.97 Å². The standard InChI is InChI=1S/C15H9BrFNO3/c1-8-6-9(15(19)20)2-4-11(8)21-12-5-3-10(7-18)13(16)14(12)17/h2-6H,1H3,(H,19,20). The Bertz CT molecular complexity index is 768. The van der Waals surface area contributed by atoms with E-state index in [9.17, 15) is 9.18 Å². The SMILES string of the molecule is Cc1cc(C(=O)O)ccc1Oc1ccc(C#N)c(Br)c1F. The van der Waals surface area contributed by atoms with Crippen LogP contribution in [0.25, 0.3) is 0 Å². The van der Waals surface area contributed by atoms with Crippen LogP contribution in [0, 0.1) is 24.1 Å². The molecule has 0 spiro atoms. The summed E-state index contributed by atoms with van der Waals surface area (Å²) >= 11 is 3.00. The molecule has 0 atom stereocenters. The summed E-state index contributed by atoms with van der Waals surface area (Å²) in [5.74, 6) is -1.43. The second kappa shape index (κ2) is 5.94. The van der Waals surface area contributed by atoms with Gasteiger partial charge in [-0.2, -0.15) is 5.26 Å². The molecule has 0 saturated carbocycles. The van der Waals surface area contributed by atoms with Crippen LogP contribution < -0.4 is 4.74 Å². The first kappa shape index (κ1) is 15.0. The zero-order valence-electron chi connectivity index (χ0n) is 10.9. The monoisotopic (exact) mass is 349 g/mol. The van der Waals surface area contributed by atoms with Gasteiger partial charge in [0.2, 0.25) is 0 Å². The second-order valence-electron chi connectivity index (χ2n) is 4.24. The quantitative estimate of drug-likeness (QED) is 0.898. The van der Waals surface area contributed by atoms with Crippen molar-refractivity contribution in [2.45, 2.75) is 6.92 Å². The van der Waals surface area contributed by atoms with Crippen LogP contribution in [-0.2, 0) is 0 Å². The fourth-order valence-corrected chi connectivity index (χ4v) is 2.13. The van der Waals surface area contributed by atoms with Gasteiger partial charge in [-0.15, -0.1) is 0 Å². The van der Waals surface area contributed by atoms with Crippen LogP contribution in [0.2, 0.25) is 0 Å². The van der Waals surface area contributed by atoms with Crippen molar-refractivity contribution in [1.29, 1.82) is 5.26 Å². The number of benzene rings is 2. The van der Waals surface area contributed by atoms with Crippen molar-refractivity contribution < 1.29 is 19.0 Å². The lowest BCUT2D eigenvalue weighted by Gasteiger charge is -2.11. The minimum absolute atomic E-state index is 0.0299. The lowest BCUT2D eigenvalue weighted by molar-refractivity contribution is 0.0696. The predicted molar refractivity (Wildman–Crippen MR) is 77.0 cm³/mol. The van der Waals surface area contributed by atoms with Gasteiger partial charge in [0.1, 0.15) is 11.8 Å². The van der Waals surface area contributed by atoms with Gasteiger partial charge in [0.05, 0.1) is 15.6 Å². The third kappa shape index (κ3) is 3.03. The van der Waals surface area contributed by atoms with E-state index in [-0.39, 0.29) is 21.3 Å². The number of aromatic carboxylic acids is 1. The molecular formula is C15H9BrFNO3. The highest BCUT2D eigenvalue weighted by Crippen LogP contribution is 2.32. The van der Waals surface area contributed by atoms with Crippen molar-refractivity contribution in [3.63, 3.8) is 0 Å². The highest BCUT2D eigenvalue weighted by molar-refractivity contribution is 9.10. The lowest BCUT2D eigenvalue weighted by Crippen LogP contribution is -1.98. The molecule has 2 aromatic carbocycles. The molecule has 2 rings (SSSR count). The number of nitriles is 1. The Labute approximate surface area is 128 Å². The average Bonchev–Trinajstić information content (AvgIpc) is 2.45. The molecule has 0 radical (unpaired) electrons. The molecule has 0 aliphatic carbocycles. The van der Waals surface area contributed by atoms with Crippen molar-refractivity contribution in [1.82, 2.24) is 0 Å². The van der Waals surface area contributed by atoms with Gasteiger partial charge in [0, 0.05) is 0 Å². The van der Waals surface area contributed by atoms with Crippen molar-refractivity contribution in [2.24, 2.45) is 0 Å². The fraction of sp³-hybridized carbons (Fsp3) is 0.0667. The van der Waals surface area contributed by atoms with E-state index < -0.39 is 11.8 Å². The van der Waals surface area contributed by atoms with Crippen LogP contribution in [0.3, 0.4) is 0 Å². The number of rotatable bonds is 3. The number of carbonyl (C=O) groups is 1. The maximum atomic E-state index is 14.1. The molecular weight excluding hydrogens is 341 g/mol. The highest BCUT2D eigenvalue weighted by atomic mass is 79.9. The van der Waals surface area contributed by atoms with Gasteiger partial charge in [-0.3, -0.25) is 0 Å². The summed E-state index contributed by atoms with van der Waals surface area (Å²) in [5, 5.41) is 17.7. The number of ether oxygens (including phenoxy) is 1. The molecule has 0 aliphatic heterocycles. The molecule has 0 bridgehead atoms. The molecule has 6 heteroatoms. The molecule has 0 aromatic heterocycles. The van der Waals surface area contributed by atoms with Crippen molar-refractivity contribution >= 4 is 21.9 Å². The smallest absolute Gasteiger partial charge is 0.335 e. The summed E-state index contributed by atoms with van der Waals surface area (Å²) < 4.78 is 19.5. The fourth-order valence-electron chi connectivity index (χ4n) is 1.71. The van der Waals surface area contributed by atoms with Gasteiger partial charge in [-0.25, -0.2) is 9.18 Å². The summed E-state index contributed by atoms with van der Waals surface area (Å²) in [4.78, 5) is 10.9. The topological polar surface area (TPSA) is 70.3 Å². The molecule has 0 fully saturated rings. The first-order valence-corrected chi connectivity index (χ1v) is 6.63. The number of hydrogen-bond donors (Lipinski definition) is 1. The number of carboxylic acids is 1. The maximum absolute atomic E-state index is 14.1. The molecule has 0 unspecified atom stereocenters. The third-order valence-electron chi connectivity index (χ3n) is 2.81. The van der Waals surface area contributed by atoms with Crippen LogP contribution in [-0.4, -0.2) is 11.1 Å². The Morgan fingerprint density at radius 2 is 2.00 bits per heavy atom. The Morgan fingerprint density at radius 1 is 1.33 bits per heavy atom. The van der Waals surface area contributed by atoms with Crippen LogP contribution in [0.4, 0.5) is 4.39 Å². The molecule has 0 amide bonds. The third-order valence-corrected chi connectivity index (χ3v) is 3.58. The lowest BCUT2D eigenvalue weighted by atomic mass is 10.1. The van der Waals surface area contributed by atoms with Crippen LogP contribution >= 0.6 is 15.9 Å².